The lowest BCUT2D eigenvalue weighted by Gasteiger charge is -2.30. The van der Waals surface area contributed by atoms with Gasteiger partial charge in [0.05, 0.1) is 25.0 Å². The predicted octanol–water partition coefficient (Wildman–Crippen LogP) is 2.79. The maximum Gasteiger partial charge on any atom is 0.123 e. The van der Waals surface area contributed by atoms with Gasteiger partial charge in [-0.1, -0.05) is 18.2 Å². The normalized spacial score (nSPS) is 19.0. The molecule has 124 valence electrons. The molecule has 1 aliphatic rings. The molecule has 0 bridgehead atoms. The minimum absolute atomic E-state index is 0.0630. The molecule has 0 spiro atoms. The number of halogens is 1. The van der Waals surface area contributed by atoms with E-state index in [0.717, 1.165) is 23.1 Å². The van der Waals surface area contributed by atoms with E-state index >= 15 is 0 Å². The van der Waals surface area contributed by atoms with Crippen LogP contribution in [0.15, 0.2) is 42.5 Å². The van der Waals surface area contributed by atoms with Crippen molar-refractivity contribution in [3.63, 3.8) is 0 Å². The Labute approximate surface area is 140 Å². The summed E-state index contributed by atoms with van der Waals surface area (Å²) in [5, 5.41) is 20.8. The molecule has 0 aromatic heterocycles. The highest BCUT2D eigenvalue weighted by molar-refractivity contribution is 5.47. The summed E-state index contributed by atoms with van der Waals surface area (Å²) < 4.78 is 19.5. The van der Waals surface area contributed by atoms with Gasteiger partial charge in [0.2, 0.25) is 0 Å². The van der Waals surface area contributed by atoms with Crippen molar-refractivity contribution in [2.45, 2.75) is 25.0 Å². The zero-order chi connectivity index (χ0) is 17.0. The first kappa shape index (κ1) is 16.6. The summed E-state index contributed by atoms with van der Waals surface area (Å²) in [4.78, 5) is 0. The van der Waals surface area contributed by atoms with E-state index in [9.17, 15) is 4.39 Å². The molecule has 0 radical (unpaired) electrons. The molecule has 24 heavy (non-hydrogen) atoms. The summed E-state index contributed by atoms with van der Waals surface area (Å²) in [6.07, 6.45) is 1.49. The fourth-order valence-corrected chi connectivity index (χ4v) is 3.31. The lowest BCUT2D eigenvalue weighted by molar-refractivity contribution is -0.0131. The monoisotopic (exact) mass is 326 g/mol. The van der Waals surface area contributed by atoms with Crippen LogP contribution in [0.1, 0.15) is 35.1 Å². The summed E-state index contributed by atoms with van der Waals surface area (Å²) in [7, 11) is 0. The molecule has 2 aromatic carbocycles. The molecule has 0 fully saturated rings. The number of hydrogen-bond acceptors (Lipinski definition) is 4. The maximum atomic E-state index is 13.3. The van der Waals surface area contributed by atoms with Crippen molar-refractivity contribution < 1.29 is 14.2 Å². The Bertz CT molecular complexity index is 755. The van der Waals surface area contributed by atoms with Gasteiger partial charge in [0.15, 0.2) is 0 Å². The van der Waals surface area contributed by atoms with Gasteiger partial charge >= 0.3 is 0 Å². The van der Waals surface area contributed by atoms with Gasteiger partial charge in [0, 0.05) is 0 Å². The molecule has 1 unspecified atom stereocenters. The van der Waals surface area contributed by atoms with Crippen molar-refractivity contribution in [2.75, 3.05) is 13.3 Å². The number of ether oxygens (including phenoxy) is 1. The highest BCUT2D eigenvalue weighted by Crippen LogP contribution is 2.45. The van der Waals surface area contributed by atoms with Crippen LogP contribution in [-0.4, -0.2) is 18.4 Å². The molecule has 4 nitrogen and oxygen atoms in total. The zero-order valence-corrected chi connectivity index (χ0v) is 13.3. The molecular weight excluding hydrogens is 307 g/mol. The number of rotatable bonds is 6. The molecule has 1 atom stereocenters. The highest BCUT2D eigenvalue weighted by atomic mass is 19.1. The summed E-state index contributed by atoms with van der Waals surface area (Å²) in [6.45, 7) is 1.02. The average Bonchev–Trinajstić information content (AvgIpc) is 2.98. The standard InChI is InChI=1S/C19H19FN2O2/c20-17-5-3-16(4-6-17)19(8-1-9-22-13-23)18-7-2-14(11-21)10-15(18)12-24-19/h2-7,10,22-23H,1,8-9,12-13H2. The van der Waals surface area contributed by atoms with Crippen LogP contribution < -0.4 is 5.32 Å². The largest absolute Gasteiger partial charge is 0.381 e. The number of fused-ring (bicyclic) bond motifs is 1. The van der Waals surface area contributed by atoms with E-state index in [1.807, 2.05) is 12.1 Å². The predicted molar refractivity (Wildman–Crippen MR) is 87.4 cm³/mol. The van der Waals surface area contributed by atoms with E-state index in [-0.39, 0.29) is 12.5 Å². The Morgan fingerprint density at radius 1 is 1.25 bits per heavy atom. The van der Waals surface area contributed by atoms with Crippen molar-refractivity contribution in [3.8, 4) is 6.07 Å². The third kappa shape index (κ3) is 3.04. The second kappa shape index (κ2) is 7.10. The summed E-state index contributed by atoms with van der Waals surface area (Å²) in [6, 6.07) is 14.1. The van der Waals surface area contributed by atoms with Crippen LogP contribution >= 0.6 is 0 Å². The molecule has 1 aliphatic heterocycles. The number of benzene rings is 2. The zero-order valence-electron chi connectivity index (χ0n) is 13.3. The summed E-state index contributed by atoms with van der Waals surface area (Å²) in [5.74, 6) is -0.283. The van der Waals surface area contributed by atoms with Crippen LogP contribution in [0, 0.1) is 17.1 Å². The summed E-state index contributed by atoms with van der Waals surface area (Å²) in [5.41, 5.74) is 2.88. The van der Waals surface area contributed by atoms with E-state index in [4.69, 9.17) is 15.1 Å². The Hall–Kier alpha value is -2.26. The van der Waals surface area contributed by atoms with Crippen LogP contribution in [0.2, 0.25) is 0 Å². The van der Waals surface area contributed by atoms with Gasteiger partial charge in [-0.05, 0) is 60.3 Å². The van der Waals surface area contributed by atoms with Crippen LogP contribution in [0.25, 0.3) is 0 Å². The molecule has 2 N–H and O–H groups in total. The fraction of sp³-hybridized carbons (Fsp3) is 0.316. The first-order chi connectivity index (χ1) is 11.7. The molecule has 3 rings (SSSR count). The SMILES string of the molecule is N#Cc1ccc2c(c1)COC2(CCCNCO)c1ccc(F)cc1. The van der Waals surface area contributed by atoms with Gasteiger partial charge in [0.1, 0.15) is 11.4 Å². The van der Waals surface area contributed by atoms with Crippen LogP contribution in [0.3, 0.4) is 0 Å². The van der Waals surface area contributed by atoms with Gasteiger partial charge in [-0.2, -0.15) is 5.26 Å². The van der Waals surface area contributed by atoms with Crippen molar-refractivity contribution in [3.05, 3.63) is 70.5 Å². The Kier molecular flexibility index (Phi) is 4.91. The molecule has 0 aliphatic carbocycles. The maximum absolute atomic E-state index is 13.3. The van der Waals surface area contributed by atoms with Gasteiger partial charge in [0.25, 0.3) is 0 Å². The quantitative estimate of drug-likeness (QED) is 0.633. The second-order valence-corrected chi connectivity index (χ2v) is 5.87. The second-order valence-electron chi connectivity index (χ2n) is 5.87. The number of nitrogens with one attached hydrogen (secondary N) is 1. The van der Waals surface area contributed by atoms with Crippen molar-refractivity contribution in [1.82, 2.24) is 5.32 Å². The smallest absolute Gasteiger partial charge is 0.123 e. The van der Waals surface area contributed by atoms with Crippen molar-refractivity contribution in [2.24, 2.45) is 0 Å². The first-order valence-electron chi connectivity index (χ1n) is 7.95. The van der Waals surface area contributed by atoms with Gasteiger partial charge in [-0.25, -0.2) is 4.39 Å². The first-order valence-corrected chi connectivity index (χ1v) is 7.95. The van der Waals surface area contributed by atoms with Gasteiger partial charge < -0.3 is 9.84 Å². The van der Waals surface area contributed by atoms with Crippen molar-refractivity contribution in [1.29, 1.82) is 5.26 Å². The minimum Gasteiger partial charge on any atom is -0.381 e. The number of nitriles is 1. The van der Waals surface area contributed by atoms with E-state index in [1.54, 1.807) is 18.2 Å². The van der Waals surface area contributed by atoms with Crippen LogP contribution in [0.4, 0.5) is 4.39 Å². The third-order valence-electron chi connectivity index (χ3n) is 4.45. The molecule has 0 saturated heterocycles. The Balaban J connectivity index is 1.99. The molecule has 0 amide bonds. The van der Waals surface area contributed by atoms with Gasteiger partial charge in [-0.3, -0.25) is 5.32 Å². The summed E-state index contributed by atoms with van der Waals surface area (Å²) >= 11 is 0. The fourth-order valence-electron chi connectivity index (χ4n) is 3.31. The molecule has 1 heterocycles. The highest BCUT2D eigenvalue weighted by Gasteiger charge is 2.41. The molecule has 5 heteroatoms. The number of nitrogens with zero attached hydrogens (tertiary/aromatic N) is 1. The Morgan fingerprint density at radius 3 is 2.75 bits per heavy atom. The topological polar surface area (TPSA) is 65.3 Å². The number of aliphatic hydroxyl groups excluding tert-OH is 1. The molecular formula is C19H19FN2O2. The average molecular weight is 326 g/mol. The van der Waals surface area contributed by atoms with Gasteiger partial charge in [-0.15, -0.1) is 0 Å². The number of aliphatic hydroxyl groups is 1. The van der Waals surface area contributed by atoms with Crippen LogP contribution in [0.5, 0.6) is 0 Å². The van der Waals surface area contributed by atoms with E-state index in [1.165, 1.54) is 12.1 Å². The number of hydrogen-bond donors (Lipinski definition) is 2. The molecule has 2 aromatic rings. The lowest BCUT2D eigenvalue weighted by atomic mass is 9.81. The van der Waals surface area contributed by atoms with Crippen molar-refractivity contribution >= 4 is 0 Å². The van der Waals surface area contributed by atoms with E-state index in [0.29, 0.717) is 25.1 Å². The Morgan fingerprint density at radius 2 is 2.04 bits per heavy atom. The van der Waals surface area contributed by atoms with E-state index < -0.39 is 5.60 Å². The minimum atomic E-state index is -0.645. The van der Waals surface area contributed by atoms with E-state index in [2.05, 4.69) is 11.4 Å². The van der Waals surface area contributed by atoms with Crippen LogP contribution in [-0.2, 0) is 16.9 Å². The lowest BCUT2D eigenvalue weighted by Crippen LogP contribution is -2.29. The molecule has 0 saturated carbocycles. The third-order valence-corrected chi connectivity index (χ3v) is 4.45.